The topological polar surface area (TPSA) is 81.1 Å². The standard InChI is InChI=1S/C22H23N5O2S/c1-29-17-12-6-5-11-16(17)23-20(28)18-22(13-7-8-14-22)26-27-19(24-25-21(27)30-18)15-9-3-2-4-10-15/h2-6,9-12,18,26H,7-8,13-14H2,1H3,(H,23,28)/t18-/m1/s1. The van der Waals surface area contributed by atoms with Crippen LogP contribution in [0, 0.1) is 0 Å². The summed E-state index contributed by atoms with van der Waals surface area (Å²) in [5, 5.41) is 12.2. The summed E-state index contributed by atoms with van der Waals surface area (Å²) in [6.45, 7) is 0. The molecule has 7 nitrogen and oxygen atoms in total. The number of hydrogen-bond acceptors (Lipinski definition) is 6. The number of aromatic nitrogens is 3. The summed E-state index contributed by atoms with van der Waals surface area (Å²) in [4.78, 5) is 13.4. The number of anilines is 1. The molecule has 2 N–H and O–H groups in total. The Balaban J connectivity index is 1.48. The van der Waals surface area contributed by atoms with Crippen LogP contribution in [0.25, 0.3) is 11.4 Å². The lowest BCUT2D eigenvalue weighted by Gasteiger charge is -2.41. The van der Waals surface area contributed by atoms with Crippen molar-refractivity contribution in [1.82, 2.24) is 14.9 Å². The summed E-state index contributed by atoms with van der Waals surface area (Å²) < 4.78 is 7.35. The molecule has 0 radical (unpaired) electrons. The van der Waals surface area contributed by atoms with E-state index in [-0.39, 0.29) is 16.7 Å². The van der Waals surface area contributed by atoms with Gasteiger partial charge in [-0.2, -0.15) is 0 Å². The van der Waals surface area contributed by atoms with E-state index in [0.29, 0.717) is 16.6 Å². The second kappa shape index (κ2) is 7.68. The Morgan fingerprint density at radius 3 is 2.63 bits per heavy atom. The molecule has 8 heteroatoms. The molecule has 1 spiro atoms. The number of nitrogens with one attached hydrogen (secondary N) is 2. The zero-order valence-corrected chi connectivity index (χ0v) is 17.5. The van der Waals surface area contributed by atoms with Gasteiger partial charge in [0.15, 0.2) is 5.82 Å². The van der Waals surface area contributed by atoms with E-state index in [1.807, 2.05) is 59.3 Å². The first-order chi connectivity index (χ1) is 14.7. The summed E-state index contributed by atoms with van der Waals surface area (Å²) in [6, 6.07) is 17.5. The third-order valence-electron chi connectivity index (χ3n) is 5.82. The van der Waals surface area contributed by atoms with Gasteiger partial charge in [-0.1, -0.05) is 67.1 Å². The number of nitrogens with zero attached hydrogens (tertiary/aromatic N) is 3. The SMILES string of the molecule is COc1ccccc1NC(=O)[C@H]1Sc2nnc(-c3ccccc3)n2NC12CCCC2. The van der Waals surface area contributed by atoms with Gasteiger partial charge in [0, 0.05) is 5.56 Å². The molecule has 30 heavy (non-hydrogen) atoms. The number of carbonyl (C=O) groups excluding carboxylic acids is 1. The highest BCUT2D eigenvalue weighted by atomic mass is 32.2. The number of thioether (sulfide) groups is 1. The van der Waals surface area contributed by atoms with E-state index in [9.17, 15) is 4.79 Å². The van der Waals surface area contributed by atoms with E-state index in [0.717, 1.165) is 37.1 Å². The Bertz CT molecular complexity index is 1060. The van der Waals surface area contributed by atoms with Crippen LogP contribution in [-0.4, -0.2) is 38.7 Å². The highest BCUT2D eigenvalue weighted by Gasteiger charge is 2.50. The Kier molecular flexibility index (Phi) is 4.86. The number of benzene rings is 2. The zero-order chi connectivity index (χ0) is 20.6. The van der Waals surface area contributed by atoms with E-state index >= 15 is 0 Å². The third-order valence-corrected chi connectivity index (χ3v) is 7.20. The van der Waals surface area contributed by atoms with Gasteiger partial charge in [0.05, 0.1) is 18.3 Å². The summed E-state index contributed by atoms with van der Waals surface area (Å²) in [5.41, 5.74) is 4.98. The number of rotatable bonds is 4. The van der Waals surface area contributed by atoms with Gasteiger partial charge < -0.3 is 15.5 Å². The largest absolute Gasteiger partial charge is 0.495 e. The molecule has 0 bridgehead atoms. The van der Waals surface area contributed by atoms with E-state index in [1.165, 1.54) is 11.8 Å². The van der Waals surface area contributed by atoms with Crippen molar-refractivity contribution in [3.63, 3.8) is 0 Å². The van der Waals surface area contributed by atoms with E-state index in [4.69, 9.17) is 4.74 Å². The highest BCUT2D eigenvalue weighted by Crippen LogP contribution is 2.45. The fourth-order valence-electron chi connectivity index (χ4n) is 4.35. The minimum atomic E-state index is -0.338. The van der Waals surface area contributed by atoms with Crippen LogP contribution >= 0.6 is 11.8 Å². The number of amides is 1. The Morgan fingerprint density at radius 1 is 1.13 bits per heavy atom. The normalized spacial score (nSPS) is 19.2. The molecule has 0 saturated heterocycles. The smallest absolute Gasteiger partial charge is 0.240 e. The molecule has 1 fully saturated rings. The maximum atomic E-state index is 13.4. The van der Waals surface area contributed by atoms with Crippen molar-refractivity contribution >= 4 is 23.4 Å². The van der Waals surface area contributed by atoms with Gasteiger partial charge in [-0.3, -0.25) is 4.79 Å². The lowest BCUT2D eigenvalue weighted by molar-refractivity contribution is -0.116. The summed E-state index contributed by atoms with van der Waals surface area (Å²) in [7, 11) is 1.61. The van der Waals surface area contributed by atoms with Crippen molar-refractivity contribution in [3.8, 4) is 17.1 Å². The fourth-order valence-corrected chi connectivity index (χ4v) is 5.57. The second-order valence-electron chi connectivity index (χ2n) is 7.67. The lowest BCUT2D eigenvalue weighted by atomic mass is 9.92. The average molecular weight is 422 g/mol. The Labute approximate surface area is 179 Å². The first-order valence-electron chi connectivity index (χ1n) is 10.1. The molecule has 1 amide bonds. The first-order valence-corrected chi connectivity index (χ1v) is 11.0. The molecule has 1 aliphatic carbocycles. The van der Waals surface area contributed by atoms with Crippen LogP contribution in [0.1, 0.15) is 25.7 Å². The van der Waals surface area contributed by atoms with E-state index < -0.39 is 0 Å². The van der Waals surface area contributed by atoms with Crippen LogP contribution in [-0.2, 0) is 4.79 Å². The van der Waals surface area contributed by atoms with Crippen LogP contribution in [0.2, 0.25) is 0 Å². The second-order valence-corrected chi connectivity index (χ2v) is 8.74. The molecule has 1 atom stereocenters. The quantitative estimate of drug-likeness (QED) is 0.665. The molecule has 1 saturated carbocycles. The number of para-hydroxylation sites is 2. The number of ether oxygens (including phenoxy) is 1. The summed E-state index contributed by atoms with van der Waals surface area (Å²) in [5.74, 6) is 1.37. The molecule has 154 valence electrons. The molecule has 2 heterocycles. The lowest BCUT2D eigenvalue weighted by Crippen LogP contribution is -2.56. The van der Waals surface area contributed by atoms with Gasteiger partial charge in [0.2, 0.25) is 11.1 Å². The van der Waals surface area contributed by atoms with Crippen molar-refractivity contribution in [1.29, 1.82) is 0 Å². The molecule has 5 rings (SSSR count). The molecule has 3 aromatic rings. The van der Waals surface area contributed by atoms with Crippen LogP contribution in [0.5, 0.6) is 5.75 Å². The zero-order valence-electron chi connectivity index (χ0n) is 16.7. The molecular formula is C22H23N5O2S. The summed E-state index contributed by atoms with van der Waals surface area (Å²) in [6.07, 6.45) is 4.03. The predicted molar refractivity (Wildman–Crippen MR) is 117 cm³/mol. The first kappa shape index (κ1) is 19.0. The van der Waals surface area contributed by atoms with Gasteiger partial charge in [0.1, 0.15) is 11.0 Å². The summed E-state index contributed by atoms with van der Waals surface area (Å²) >= 11 is 1.48. The predicted octanol–water partition coefficient (Wildman–Crippen LogP) is 3.92. The van der Waals surface area contributed by atoms with Gasteiger partial charge in [-0.25, -0.2) is 4.68 Å². The maximum Gasteiger partial charge on any atom is 0.240 e. The Hall–Kier alpha value is -3.00. The van der Waals surface area contributed by atoms with Crippen LogP contribution < -0.4 is 15.5 Å². The fraction of sp³-hybridized carbons (Fsp3) is 0.318. The van der Waals surface area contributed by atoms with Crippen molar-refractivity contribution in [2.24, 2.45) is 0 Å². The van der Waals surface area contributed by atoms with E-state index in [2.05, 4.69) is 20.9 Å². The van der Waals surface area contributed by atoms with Gasteiger partial charge >= 0.3 is 0 Å². The number of hydrogen-bond donors (Lipinski definition) is 2. The molecule has 2 aliphatic rings. The average Bonchev–Trinajstić information content (AvgIpc) is 3.41. The van der Waals surface area contributed by atoms with Crippen LogP contribution in [0.4, 0.5) is 5.69 Å². The number of fused-ring (bicyclic) bond motifs is 1. The minimum Gasteiger partial charge on any atom is -0.495 e. The Morgan fingerprint density at radius 2 is 1.87 bits per heavy atom. The number of methoxy groups -OCH3 is 1. The van der Waals surface area contributed by atoms with Gasteiger partial charge in [-0.15, -0.1) is 10.2 Å². The molecule has 1 aromatic heterocycles. The van der Waals surface area contributed by atoms with Crippen molar-refractivity contribution in [2.75, 3.05) is 17.9 Å². The van der Waals surface area contributed by atoms with Crippen LogP contribution in [0.3, 0.4) is 0 Å². The van der Waals surface area contributed by atoms with Gasteiger partial charge in [-0.05, 0) is 25.0 Å². The molecular weight excluding hydrogens is 398 g/mol. The monoisotopic (exact) mass is 421 g/mol. The van der Waals surface area contributed by atoms with Gasteiger partial charge in [0.25, 0.3) is 0 Å². The third kappa shape index (κ3) is 3.21. The maximum absolute atomic E-state index is 13.4. The van der Waals surface area contributed by atoms with Crippen molar-refractivity contribution in [2.45, 2.75) is 41.6 Å². The molecule has 1 aliphatic heterocycles. The van der Waals surface area contributed by atoms with E-state index in [1.54, 1.807) is 7.11 Å². The highest BCUT2D eigenvalue weighted by molar-refractivity contribution is 8.00. The minimum absolute atomic E-state index is 0.0468. The van der Waals surface area contributed by atoms with Crippen LogP contribution in [0.15, 0.2) is 59.8 Å². The molecule has 0 unspecified atom stereocenters. The number of carbonyl (C=O) groups is 1. The van der Waals surface area contributed by atoms with Crippen molar-refractivity contribution < 1.29 is 9.53 Å². The molecule has 2 aromatic carbocycles. The van der Waals surface area contributed by atoms with Crippen molar-refractivity contribution in [3.05, 3.63) is 54.6 Å².